The van der Waals surface area contributed by atoms with Gasteiger partial charge in [0.25, 0.3) is 0 Å². The van der Waals surface area contributed by atoms with Crippen molar-refractivity contribution >= 4 is 5.97 Å². The van der Waals surface area contributed by atoms with Crippen molar-refractivity contribution in [3.05, 3.63) is 0 Å². The summed E-state index contributed by atoms with van der Waals surface area (Å²) in [6.45, 7) is 2.90. The summed E-state index contributed by atoms with van der Waals surface area (Å²) in [4.78, 5) is 11.0. The first-order valence-corrected chi connectivity index (χ1v) is 5.73. The van der Waals surface area contributed by atoms with E-state index in [1.165, 1.54) is 7.11 Å². The van der Waals surface area contributed by atoms with Gasteiger partial charge >= 0.3 is 5.97 Å². The van der Waals surface area contributed by atoms with Crippen LogP contribution in [-0.2, 0) is 19.0 Å². The molecule has 0 aromatic rings. The molecule has 0 bridgehead atoms. The lowest BCUT2D eigenvalue weighted by Crippen LogP contribution is -2.33. The van der Waals surface area contributed by atoms with E-state index in [-0.39, 0.29) is 5.97 Å². The highest BCUT2D eigenvalue weighted by Gasteiger charge is 2.15. The number of nitrogens with two attached hydrogens (primary N) is 1. The third-order valence-corrected chi connectivity index (χ3v) is 2.77. The Balaban J connectivity index is 2.00. The van der Waals surface area contributed by atoms with E-state index in [4.69, 9.17) is 15.2 Å². The third kappa shape index (κ3) is 4.92. The Bertz CT molecular complexity index is 204. The van der Waals surface area contributed by atoms with Gasteiger partial charge in [0.2, 0.25) is 0 Å². The van der Waals surface area contributed by atoms with Crippen molar-refractivity contribution in [3.8, 4) is 0 Å². The Morgan fingerprint density at radius 2 is 2.19 bits per heavy atom. The van der Waals surface area contributed by atoms with E-state index in [9.17, 15) is 4.79 Å². The molecular weight excluding hydrogens is 210 g/mol. The predicted molar refractivity (Wildman–Crippen MR) is 59.0 cm³/mol. The minimum atomic E-state index is -0.570. The van der Waals surface area contributed by atoms with Crippen LogP contribution in [-0.4, -0.2) is 45.5 Å². The number of hydrogen-bond acceptors (Lipinski definition) is 5. The van der Waals surface area contributed by atoms with E-state index in [0.29, 0.717) is 18.9 Å². The first-order valence-electron chi connectivity index (χ1n) is 5.73. The van der Waals surface area contributed by atoms with Crippen molar-refractivity contribution in [2.45, 2.75) is 25.3 Å². The highest BCUT2D eigenvalue weighted by atomic mass is 16.5. The van der Waals surface area contributed by atoms with Crippen LogP contribution in [0.4, 0.5) is 0 Å². The maximum absolute atomic E-state index is 11.0. The topological polar surface area (TPSA) is 70.8 Å². The first-order chi connectivity index (χ1) is 7.74. The number of carbonyl (C=O) groups is 1. The minimum Gasteiger partial charge on any atom is -0.468 e. The second kappa shape index (κ2) is 7.60. The fourth-order valence-corrected chi connectivity index (χ4v) is 1.64. The van der Waals surface area contributed by atoms with Crippen molar-refractivity contribution in [1.29, 1.82) is 0 Å². The molecule has 1 aliphatic rings. The molecule has 94 valence electrons. The SMILES string of the molecule is COC(=O)C(N)CCOCC1CCOCC1. The summed E-state index contributed by atoms with van der Waals surface area (Å²) in [6.07, 6.45) is 2.63. The number of hydrogen-bond donors (Lipinski definition) is 1. The molecular formula is C11H21NO4. The van der Waals surface area contributed by atoms with Crippen LogP contribution in [0, 0.1) is 5.92 Å². The van der Waals surface area contributed by atoms with E-state index < -0.39 is 6.04 Å². The molecule has 1 saturated heterocycles. The molecule has 16 heavy (non-hydrogen) atoms. The summed E-state index contributed by atoms with van der Waals surface area (Å²) in [5.74, 6) is 0.206. The van der Waals surface area contributed by atoms with Gasteiger partial charge < -0.3 is 19.9 Å². The van der Waals surface area contributed by atoms with Gasteiger partial charge in [-0.1, -0.05) is 0 Å². The van der Waals surface area contributed by atoms with Crippen LogP contribution in [0.3, 0.4) is 0 Å². The molecule has 0 aromatic heterocycles. The smallest absolute Gasteiger partial charge is 0.322 e. The lowest BCUT2D eigenvalue weighted by atomic mass is 10.0. The van der Waals surface area contributed by atoms with E-state index in [2.05, 4.69) is 4.74 Å². The van der Waals surface area contributed by atoms with E-state index in [1.54, 1.807) is 0 Å². The van der Waals surface area contributed by atoms with Crippen LogP contribution in [0.5, 0.6) is 0 Å². The summed E-state index contributed by atoms with van der Waals surface area (Å²) in [5, 5.41) is 0. The van der Waals surface area contributed by atoms with Crippen LogP contribution >= 0.6 is 0 Å². The second-order valence-corrected chi connectivity index (χ2v) is 4.05. The molecule has 1 heterocycles. The van der Waals surface area contributed by atoms with Crippen LogP contribution in [0.2, 0.25) is 0 Å². The fraction of sp³-hybridized carbons (Fsp3) is 0.909. The molecule has 0 saturated carbocycles. The first kappa shape index (κ1) is 13.4. The minimum absolute atomic E-state index is 0.380. The van der Waals surface area contributed by atoms with Gasteiger partial charge in [-0.3, -0.25) is 4.79 Å². The zero-order valence-electron chi connectivity index (χ0n) is 9.81. The predicted octanol–water partition coefficient (Wildman–Crippen LogP) is 0.320. The van der Waals surface area contributed by atoms with Gasteiger partial charge in [-0.2, -0.15) is 0 Å². The molecule has 5 nitrogen and oxygen atoms in total. The Kier molecular flexibility index (Phi) is 6.37. The number of ether oxygens (including phenoxy) is 3. The zero-order valence-corrected chi connectivity index (χ0v) is 9.81. The normalized spacial score (nSPS) is 19.4. The van der Waals surface area contributed by atoms with E-state index in [1.807, 2.05) is 0 Å². The molecule has 0 spiro atoms. The average Bonchev–Trinajstić information content (AvgIpc) is 2.34. The Hall–Kier alpha value is -0.650. The standard InChI is InChI=1S/C11H21NO4/c1-14-11(13)10(12)4-7-16-8-9-2-5-15-6-3-9/h9-10H,2-8,12H2,1H3. The Labute approximate surface area is 96.2 Å². The number of methoxy groups -OCH3 is 1. The summed E-state index contributed by atoms with van der Waals surface area (Å²) >= 11 is 0. The van der Waals surface area contributed by atoms with Gasteiger partial charge in [-0.25, -0.2) is 0 Å². The summed E-state index contributed by atoms with van der Waals surface area (Å²) < 4.78 is 15.3. The van der Waals surface area contributed by atoms with Crippen LogP contribution < -0.4 is 5.73 Å². The highest BCUT2D eigenvalue weighted by molar-refractivity contribution is 5.75. The quantitative estimate of drug-likeness (QED) is 0.526. The maximum Gasteiger partial charge on any atom is 0.322 e. The molecule has 0 aliphatic carbocycles. The molecule has 1 aliphatic heterocycles. The number of carbonyl (C=O) groups excluding carboxylic acids is 1. The molecule has 0 aromatic carbocycles. The molecule has 5 heteroatoms. The average molecular weight is 231 g/mol. The molecule has 1 rings (SSSR count). The molecule has 1 fully saturated rings. The largest absolute Gasteiger partial charge is 0.468 e. The maximum atomic E-state index is 11.0. The monoisotopic (exact) mass is 231 g/mol. The Morgan fingerprint density at radius 3 is 2.81 bits per heavy atom. The second-order valence-electron chi connectivity index (χ2n) is 4.05. The van der Waals surface area contributed by atoms with Crippen LogP contribution in [0.15, 0.2) is 0 Å². The van der Waals surface area contributed by atoms with Crippen LogP contribution in [0.1, 0.15) is 19.3 Å². The van der Waals surface area contributed by atoms with Crippen molar-refractivity contribution in [1.82, 2.24) is 0 Å². The van der Waals surface area contributed by atoms with Gasteiger partial charge in [-0.05, 0) is 25.2 Å². The molecule has 1 unspecified atom stereocenters. The van der Waals surface area contributed by atoms with Crippen molar-refractivity contribution < 1.29 is 19.0 Å². The van der Waals surface area contributed by atoms with Gasteiger partial charge in [-0.15, -0.1) is 0 Å². The van der Waals surface area contributed by atoms with Crippen LogP contribution in [0.25, 0.3) is 0 Å². The van der Waals surface area contributed by atoms with Gasteiger partial charge in [0, 0.05) is 26.4 Å². The molecule has 1 atom stereocenters. The van der Waals surface area contributed by atoms with Gasteiger partial charge in [0.1, 0.15) is 6.04 Å². The van der Waals surface area contributed by atoms with E-state index >= 15 is 0 Å². The summed E-state index contributed by atoms with van der Waals surface area (Å²) in [5.41, 5.74) is 5.57. The van der Waals surface area contributed by atoms with E-state index in [0.717, 1.165) is 32.7 Å². The van der Waals surface area contributed by atoms with Crippen molar-refractivity contribution in [3.63, 3.8) is 0 Å². The number of rotatable bonds is 6. The summed E-state index contributed by atoms with van der Waals surface area (Å²) in [6, 6.07) is -0.570. The number of esters is 1. The van der Waals surface area contributed by atoms with Crippen molar-refractivity contribution in [2.75, 3.05) is 33.5 Å². The zero-order chi connectivity index (χ0) is 11.8. The van der Waals surface area contributed by atoms with Gasteiger partial charge in [0.05, 0.1) is 7.11 Å². The molecule has 0 radical (unpaired) electrons. The lowest BCUT2D eigenvalue weighted by Gasteiger charge is -2.21. The lowest BCUT2D eigenvalue weighted by molar-refractivity contribution is -0.142. The van der Waals surface area contributed by atoms with Crippen molar-refractivity contribution in [2.24, 2.45) is 11.7 Å². The molecule has 0 amide bonds. The molecule has 2 N–H and O–H groups in total. The highest BCUT2D eigenvalue weighted by Crippen LogP contribution is 2.14. The van der Waals surface area contributed by atoms with Gasteiger partial charge in [0.15, 0.2) is 0 Å². The Morgan fingerprint density at radius 1 is 1.50 bits per heavy atom. The fourth-order valence-electron chi connectivity index (χ4n) is 1.64. The summed E-state index contributed by atoms with van der Waals surface area (Å²) in [7, 11) is 1.34. The third-order valence-electron chi connectivity index (χ3n) is 2.77.